The van der Waals surface area contributed by atoms with Gasteiger partial charge < -0.3 is 4.74 Å². The summed E-state index contributed by atoms with van der Waals surface area (Å²) in [4.78, 5) is 0. The predicted octanol–water partition coefficient (Wildman–Crippen LogP) is 2.76. The third kappa shape index (κ3) is 5.05. The summed E-state index contributed by atoms with van der Waals surface area (Å²) in [6.07, 6.45) is 1.80. The fourth-order valence-electron chi connectivity index (χ4n) is 0.447. The van der Waals surface area contributed by atoms with Gasteiger partial charge in [-0.15, -0.1) is 18.2 Å². The van der Waals surface area contributed by atoms with Crippen molar-refractivity contribution in [1.82, 2.24) is 0 Å². The Kier molecular flexibility index (Phi) is 5.26. The molecule has 0 saturated carbocycles. The number of rotatable bonds is 5. The largest absolute Gasteiger partial charge is 0.373 e. The van der Waals surface area contributed by atoms with E-state index in [0.717, 1.165) is 5.57 Å². The first-order valence-electron chi connectivity index (χ1n) is 3.61. The lowest BCUT2D eigenvalue weighted by Crippen LogP contribution is -2.14. The van der Waals surface area contributed by atoms with Gasteiger partial charge in [0.25, 0.3) is 0 Å². The lowest BCUT2D eigenvalue weighted by Gasteiger charge is -2.12. The maximum atomic E-state index is 5.86. The van der Waals surface area contributed by atoms with Crippen LogP contribution in [0, 0.1) is 0 Å². The topological polar surface area (TPSA) is 9.23 Å². The van der Waals surface area contributed by atoms with Crippen LogP contribution in [0.2, 0.25) is 0 Å². The van der Waals surface area contributed by atoms with Crippen molar-refractivity contribution in [3.8, 4) is 0 Å². The Balaban J connectivity index is 3.53. The van der Waals surface area contributed by atoms with E-state index in [2.05, 4.69) is 13.2 Å². The summed E-state index contributed by atoms with van der Waals surface area (Å²) in [5.74, 6) is 0. The van der Waals surface area contributed by atoms with Gasteiger partial charge in [-0.2, -0.15) is 0 Å². The molecule has 2 unspecified atom stereocenters. The van der Waals surface area contributed by atoms with Gasteiger partial charge in [-0.25, -0.2) is 0 Å². The molecule has 0 heterocycles. The molecular weight excluding hydrogens is 160 g/mol. The molecule has 0 amide bonds. The molecule has 2 heteroatoms. The van der Waals surface area contributed by atoms with Gasteiger partial charge in [-0.05, 0) is 13.8 Å². The summed E-state index contributed by atoms with van der Waals surface area (Å²) in [6, 6.07) is 0. The van der Waals surface area contributed by atoms with Crippen LogP contribution in [0.4, 0.5) is 0 Å². The molecule has 0 aromatic heterocycles. The van der Waals surface area contributed by atoms with E-state index in [4.69, 9.17) is 16.3 Å². The second-order valence-corrected chi connectivity index (χ2v) is 3.11. The number of hydrogen-bond donors (Lipinski definition) is 0. The molecule has 0 fully saturated rings. The van der Waals surface area contributed by atoms with Crippen molar-refractivity contribution >= 4 is 11.6 Å². The molecule has 0 aromatic carbocycles. The molecule has 0 bridgehead atoms. The quantitative estimate of drug-likeness (QED) is 0.460. The van der Waals surface area contributed by atoms with Crippen molar-refractivity contribution in [2.24, 2.45) is 0 Å². The van der Waals surface area contributed by atoms with E-state index in [1.807, 2.05) is 13.8 Å². The van der Waals surface area contributed by atoms with Crippen LogP contribution >= 0.6 is 11.6 Å². The van der Waals surface area contributed by atoms with Gasteiger partial charge in [0.2, 0.25) is 0 Å². The first-order chi connectivity index (χ1) is 5.07. The summed E-state index contributed by atoms with van der Waals surface area (Å²) < 4.78 is 5.30. The Morgan fingerprint density at radius 1 is 1.73 bits per heavy atom. The van der Waals surface area contributed by atoms with Crippen molar-refractivity contribution < 1.29 is 4.74 Å². The van der Waals surface area contributed by atoms with E-state index >= 15 is 0 Å². The Morgan fingerprint density at radius 3 is 2.64 bits per heavy atom. The van der Waals surface area contributed by atoms with E-state index in [1.54, 1.807) is 6.08 Å². The maximum Gasteiger partial charge on any atom is 0.0774 e. The molecule has 2 atom stereocenters. The Hall–Kier alpha value is -0.270. The molecule has 0 N–H and O–H groups in total. The van der Waals surface area contributed by atoms with Gasteiger partial charge in [0.15, 0.2) is 0 Å². The van der Waals surface area contributed by atoms with Crippen LogP contribution in [-0.2, 0) is 4.74 Å². The molecule has 0 rings (SSSR count). The van der Waals surface area contributed by atoms with Crippen molar-refractivity contribution in [3.63, 3.8) is 0 Å². The summed E-state index contributed by atoms with van der Waals surface area (Å²) in [6.45, 7) is 11.6. The highest BCUT2D eigenvalue weighted by molar-refractivity contribution is 6.22. The van der Waals surface area contributed by atoms with E-state index in [1.165, 1.54) is 0 Å². The minimum absolute atomic E-state index is 0.0654. The molecular formula is C9H15ClO. The SMILES string of the molecule is C=CC(C)OCC(Cl)C(=C)C. The fraction of sp³-hybridized carbons (Fsp3) is 0.556. The van der Waals surface area contributed by atoms with Crippen LogP contribution in [-0.4, -0.2) is 18.1 Å². The summed E-state index contributed by atoms with van der Waals surface area (Å²) in [7, 11) is 0. The molecule has 0 aromatic rings. The second kappa shape index (κ2) is 5.39. The zero-order chi connectivity index (χ0) is 8.85. The minimum atomic E-state index is -0.0857. The first-order valence-corrected chi connectivity index (χ1v) is 4.05. The minimum Gasteiger partial charge on any atom is -0.373 e. The molecule has 11 heavy (non-hydrogen) atoms. The zero-order valence-corrected chi connectivity index (χ0v) is 7.90. The molecule has 1 nitrogen and oxygen atoms in total. The van der Waals surface area contributed by atoms with Gasteiger partial charge in [0.05, 0.1) is 18.1 Å². The standard InChI is InChI=1S/C9H15ClO/c1-5-8(4)11-6-9(10)7(2)3/h5,8-9H,1-2,6H2,3-4H3. The number of ether oxygens (including phenoxy) is 1. The van der Waals surface area contributed by atoms with E-state index in [-0.39, 0.29) is 11.5 Å². The van der Waals surface area contributed by atoms with Gasteiger partial charge in [0.1, 0.15) is 0 Å². The molecule has 0 aliphatic rings. The summed E-state index contributed by atoms with van der Waals surface area (Å²) in [5, 5.41) is -0.0857. The highest BCUT2D eigenvalue weighted by Crippen LogP contribution is 2.08. The number of alkyl halides is 1. The lowest BCUT2D eigenvalue weighted by molar-refractivity contribution is 0.102. The Bertz CT molecular complexity index is 142. The third-order valence-corrected chi connectivity index (χ3v) is 1.87. The molecule has 64 valence electrons. The van der Waals surface area contributed by atoms with Crippen molar-refractivity contribution in [2.75, 3.05) is 6.61 Å². The van der Waals surface area contributed by atoms with E-state index in [9.17, 15) is 0 Å². The van der Waals surface area contributed by atoms with Crippen LogP contribution in [0.1, 0.15) is 13.8 Å². The number of halogens is 1. The van der Waals surface area contributed by atoms with Crippen molar-refractivity contribution in [2.45, 2.75) is 25.3 Å². The van der Waals surface area contributed by atoms with Crippen molar-refractivity contribution in [1.29, 1.82) is 0 Å². The Morgan fingerprint density at radius 2 is 2.27 bits per heavy atom. The van der Waals surface area contributed by atoms with Gasteiger partial charge >= 0.3 is 0 Å². The number of hydrogen-bond acceptors (Lipinski definition) is 1. The zero-order valence-electron chi connectivity index (χ0n) is 7.14. The normalized spacial score (nSPS) is 15.5. The van der Waals surface area contributed by atoms with E-state index in [0.29, 0.717) is 6.61 Å². The molecule has 0 saturated heterocycles. The average molecular weight is 175 g/mol. The Labute approximate surface area is 73.7 Å². The third-order valence-electron chi connectivity index (χ3n) is 1.37. The molecule has 0 radical (unpaired) electrons. The second-order valence-electron chi connectivity index (χ2n) is 2.59. The van der Waals surface area contributed by atoms with Gasteiger partial charge in [-0.1, -0.05) is 18.2 Å². The molecule has 0 aliphatic carbocycles. The monoisotopic (exact) mass is 174 g/mol. The van der Waals surface area contributed by atoms with Crippen LogP contribution < -0.4 is 0 Å². The van der Waals surface area contributed by atoms with Gasteiger partial charge in [-0.3, -0.25) is 0 Å². The van der Waals surface area contributed by atoms with E-state index < -0.39 is 0 Å². The average Bonchev–Trinajstić information content (AvgIpc) is 1.99. The molecule has 0 spiro atoms. The highest BCUT2D eigenvalue weighted by atomic mass is 35.5. The summed E-state index contributed by atoms with van der Waals surface area (Å²) >= 11 is 5.86. The van der Waals surface area contributed by atoms with Crippen LogP contribution in [0.25, 0.3) is 0 Å². The first kappa shape index (κ1) is 10.7. The fourth-order valence-corrected chi connectivity index (χ4v) is 0.519. The van der Waals surface area contributed by atoms with Crippen LogP contribution in [0.5, 0.6) is 0 Å². The van der Waals surface area contributed by atoms with Crippen LogP contribution in [0.3, 0.4) is 0 Å². The predicted molar refractivity (Wildman–Crippen MR) is 50.1 cm³/mol. The van der Waals surface area contributed by atoms with Gasteiger partial charge in [0, 0.05) is 0 Å². The van der Waals surface area contributed by atoms with Crippen LogP contribution in [0.15, 0.2) is 24.8 Å². The summed E-state index contributed by atoms with van der Waals surface area (Å²) in [5.41, 5.74) is 0.933. The smallest absolute Gasteiger partial charge is 0.0774 e. The van der Waals surface area contributed by atoms with Crippen molar-refractivity contribution in [3.05, 3.63) is 24.8 Å². The highest BCUT2D eigenvalue weighted by Gasteiger charge is 2.05. The lowest BCUT2D eigenvalue weighted by atomic mass is 10.2. The maximum absolute atomic E-state index is 5.86. The molecule has 0 aliphatic heterocycles.